The lowest BCUT2D eigenvalue weighted by Gasteiger charge is -2.28. The number of ether oxygens (including phenoxy) is 2. The molecule has 2 fully saturated rings. The highest BCUT2D eigenvalue weighted by Gasteiger charge is 2.33. The van der Waals surface area contributed by atoms with Crippen LogP contribution in [-0.2, 0) is 30.7 Å². The number of likely N-dealkylation sites (tertiary alicyclic amines) is 1. The minimum atomic E-state index is -3.39. The zero-order chi connectivity index (χ0) is 30.3. The first-order valence-electron chi connectivity index (χ1n) is 14.8. The zero-order valence-corrected chi connectivity index (χ0v) is 25.7. The van der Waals surface area contributed by atoms with E-state index in [9.17, 15) is 23.1 Å². The van der Waals surface area contributed by atoms with E-state index in [-0.39, 0.29) is 24.3 Å². The third kappa shape index (κ3) is 8.86. The number of carboxylic acids is 1. The Kier molecular flexibility index (Phi) is 11.2. The average molecular weight is 601 g/mol. The molecule has 230 valence electrons. The molecule has 1 saturated carbocycles. The summed E-state index contributed by atoms with van der Waals surface area (Å²) < 4.78 is 35.3. The lowest BCUT2D eigenvalue weighted by Crippen LogP contribution is -2.42. The van der Waals surface area contributed by atoms with Crippen LogP contribution >= 0.6 is 0 Å². The molecule has 2 N–H and O–H groups in total. The number of nitrogens with zero attached hydrogens (tertiary/aromatic N) is 1. The number of aryl methyl sites for hydroxylation is 1. The summed E-state index contributed by atoms with van der Waals surface area (Å²) in [7, 11) is -1.64. The summed E-state index contributed by atoms with van der Waals surface area (Å²) in [5.74, 6) is -2.16. The van der Waals surface area contributed by atoms with Gasteiger partial charge in [0.1, 0.15) is 15.9 Å². The highest BCUT2D eigenvalue weighted by molar-refractivity contribution is 7.90. The van der Waals surface area contributed by atoms with E-state index in [4.69, 9.17) is 9.47 Å². The van der Waals surface area contributed by atoms with E-state index in [0.29, 0.717) is 30.4 Å². The summed E-state index contributed by atoms with van der Waals surface area (Å²) in [5, 5.41) is 12.2. The van der Waals surface area contributed by atoms with Crippen LogP contribution in [0.1, 0.15) is 66.4 Å². The van der Waals surface area contributed by atoms with Crippen LogP contribution in [0.2, 0.25) is 0 Å². The summed E-state index contributed by atoms with van der Waals surface area (Å²) in [6.07, 6.45) is 8.20. The maximum atomic E-state index is 13.4. The molecule has 4 rings (SSSR count). The largest absolute Gasteiger partial charge is 0.480 e. The normalized spacial score (nSPS) is 20.8. The van der Waals surface area contributed by atoms with E-state index in [1.54, 1.807) is 13.2 Å². The van der Waals surface area contributed by atoms with Gasteiger partial charge in [-0.1, -0.05) is 49.6 Å². The molecular weight excluding hydrogens is 556 g/mol. The molecule has 0 bridgehead atoms. The van der Waals surface area contributed by atoms with Gasteiger partial charge in [0.25, 0.3) is 5.91 Å². The zero-order valence-electron chi connectivity index (χ0n) is 24.9. The summed E-state index contributed by atoms with van der Waals surface area (Å²) in [4.78, 5) is 27.7. The number of amides is 1. The first-order chi connectivity index (χ1) is 20.0. The topological polar surface area (TPSA) is 122 Å². The molecule has 1 saturated heterocycles. The number of hydrogen-bond donors (Lipinski definition) is 2. The van der Waals surface area contributed by atoms with E-state index in [1.165, 1.54) is 19.3 Å². The van der Waals surface area contributed by atoms with Crippen LogP contribution in [0.15, 0.2) is 42.5 Å². The summed E-state index contributed by atoms with van der Waals surface area (Å²) in [5.41, 5.74) is 3.92. The van der Waals surface area contributed by atoms with Gasteiger partial charge in [-0.2, -0.15) is 0 Å². The van der Waals surface area contributed by atoms with Crippen molar-refractivity contribution in [2.24, 2.45) is 0 Å². The Labute approximate surface area is 249 Å². The average Bonchev–Trinajstić information content (AvgIpc) is 3.35. The monoisotopic (exact) mass is 600 g/mol. The third-order valence-electron chi connectivity index (χ3n) is 8.43. The second-order valence-electron chi connectivity index (χ2n) is 11.7. The molecule has 0 radical (unpaired) electrons. The number of sulfone groups is 1. The highest BCUT2D eigenvalue weighted by atomic mass is 32.2. The standard InChI is InChI=1S/C32H44N2O7S/c1-22-9-7-8-12-27(22)29-17-23(13-14-28(29)31(35)33-30(32(36)37)15-16-42(3,38)39)19-34-20-26(40-2)18-24(34)21-41-25-10-5-4-6-11-25/h7-9,12-14,17,24-26,30H,4-6,10-11,15-16,18-21H2,1-3H3,(H,33,35)(H,36,37)/t24-,26?,30-/m0/s1. The van der Waals surface area contributed by atoms with Crippen LogP contribution in [0.25, 0.3) is 11.1 Å². The van der Waals surface area contributed by atoms with Gasteiger partial charge in [0.2, 0.25) is 0 Å². The summed E-state index contributed by atoms with van der Waals surface area (Å²) in [6.45, 7) is 4.08. The Bertz CT molecular complexity index is 1340. The van der Waals surface area contributed by atoms with Crippen molar-refractivity contribution in [1.82, 2.24) is 10.2 Å². The van der Waals surface area contributed by atoms with Gasteiger partial charge in [-0.25, -0.2) is 13.2 Å². The second kappa shape index (κ2) is 14.6. The van der Waals surface area contributed by atoms with E-state index in [2.05, 4.69) is 10.2 Å². The predicted octanol–water partition coefficient (Wildman–Crippen LogP) is 4.22. The smallest absolute Gasteiger partial charge is 0.326 e. The Morgan fingerprint density at radius 3 is 2.48 bits per heavy atom. The van der Waals surface area contributed by atoms with Crippen LogP contribution in [0.4, 0.5) is 0 Å². The molecule has 1 aliphatic carbocycles. The van der Waals surface area contributed by atoms with Crippen molar-refractivity contribution in [3.05, 3.63) is 59.2 Å². The van der Waals surface area contributed by atoms with Gasteiger partial charge < -0.3 is 19.9 Å². The minimum absolute atomic E-state index is 0.130. The number of methoxy groups -OCH3 is 1. The van der Waals surface area contributed by atoms with Crippen LogP contribution in [0.3, 0.4) is 0 Å². The van der Waals surface area contributed by atoms with Gasteiger partial charge in [-0.15, -0.1) is 0 Å². The third-order valence-corrected chi connectivity index (χ3v) is 9.41. The number of aliphatic carboxylic acids is 1. The van der Waals surface area contributed by atoms with Gasteiger partial charge in [0.15, 0.2) is 0 Å². The number of hydrogen-bond acceptors (Lipinski definition) is 7. The molecule has 9 nitrogen and oxygen atoms in total. The van der Waals surface area contributed by atoms with E-state index >= 15 is 0 Å². The number of carbonyl (C=O) groups excluding carboxylic acids is 1. The summed E-state index contributed by atoms with van der Waals surface area (Å²) in [6, 6.07) is 12.3. The first-order valence-corrected chi connectivity index (χ1v) is 16.9. The van der Waals surface area contributed by atoms with Crippen molar-refractivity contribution in [3.63, 3.8) is 0 Å². The quantitative estimate of drug-likeness (QED) is 0.351. The molecule has 2 aromatic carbocycles. The molecule has 10 heteroatoms. The van der Waals surface area contributed by atoms with Crippen molar-refractivity contribution in [2.75, 3.05) is 32.3 Å². The van der Waals surface area contributed by atoms with Crippen LogP contribution in [0.5, 0.6) is 0 Å². The van der Waals surface area contributed by atoms with Crippen molar-refractivity contribution in [2.45, 2.75) is 82.7 Å². The predicted molar refractivity (Wildman–Crippen MR) is 162 cm³/mol. The van der Waals surface area contributed by atoms with E-state index in [1.807, 2.05) is 43.3 Å². The van der Waals surface area contributed by atoms with Crippen molar-refractivity contribution >= 4 is 21.7 Å². The van der Waals surface area contributed by atoms with Gasteiger partial charge >= 0.3 is 5.97 Å². The molecule has 2 aromatic rings. The van der Waals surface area contributed by atoms with Crippen molar-refractivity contribution in [3.8, 4) is 11.1 Å². The van der Waals surface area contributed by atoms with E-state index in [0.717, 1.165) is 48.8 Å². The number of carbonyl (C=O) groups is 2. The lowest BCUT2D eigenvalue weighted by atomic mass is 9.93. The maximum Gasteiger partial charge on any atom is 0.326 e. The van der Waals surface area contributed by atoms with Gasteiger partial charge in [0, 0.05) is 38.1 Å². The fourth-order valence-corrected chi connectivity index (χ4v) is 6.66. The molecule has 1 unspecified atom stereocenters. The molecule has 1 heterocycles. The Morgan fingerprint density at radius 2 is 1.81 bits per heavy atom. The Morgan fingerprint density at radius 1 is 1.07 bits per heavy atom. The maximum absolute atomic E-state index is 13.4. The van der Waals surface area contributed by atoms with Gasteiger partial charge in [0.05, 0.1) is 24.6 Å². The molecule has 2 aliphatic rings. The fourth-order valence-electron chi connectivity index (χ4n) is 6.00. The second-order valence-corrected chi connectivity index (χ2v) is 14.0. The molecule has 42 heavy (non-hydrogen) atoms. The van der Waals surface area contributed by atoms with Gasteiger partial charge in [-0.3, -0.25) is 9.69 Å². The molecule has 1 amide bonds. The highest BCUT2D eigenvalue weighted by Crippen LogP contribution is 2.31. The van der Waals surface area contributed by atoms with Crippen molar-refractivity contribution in [1.29, 1.82) is 0 Å². The van der Waals surface area contributed by atoms with E-state index < -0.39 is 27.8 Å². The number of benzene rings is 2. The molecule has 3 atom stereocenters. The molecular formula is C32H44N2O7S. The Hall–Kier alpha value is -2.79. The van der Waals surface area contributed by atoms with Crippen LogP contribution in [0, 0.1) is 6.92 Å². The Balaban J connectivity index is 1.57. The van der Waals surface area contributed by atoms with Crippen LogP contribution < -0.4 is 5.32 Å². The number of nitrogens with one attached hydrogen (secondary N) is 1. The van der Waals surface area contributed by atoms with Crippen molar-refractivity contribution < 1.29 is 32.6 Å². The molecule has 0 spiro atoms. The molecule has 1 aliphatic heterocycles. The fraction of sp³-hybridized carbons (Fsp3) is 0.562. The van der Waals surface area contributed by atoms with Crippen LogP contribution in [-0.4, -0.2) is 86.9 Å². The minimum Gasteiger partial charge on any atom is -0.480 e. The first kappa shape index (κ1) is 32.1. The summed E-state index contributed by atoms with van der Waals surface area (Å²) >= 11 is 0. The SMILES string of the molecule is COC1C[C@@H](COC2CCCCC2)N(Cc2ccc(C(=O)N[C@@H](CCS(C)(=O)=O)C(=O)O)c(-c3ccccc3C)c2)C1. The van der Waals surface area contributed by atoms with Gasteiger partial charge in [-0.05, 0) is 67.0 Å². The number of carboxylic acid groups (broad SMARTS) is 1. The lowest BCUT2D eigenvalue weighted by molar-refractivity contribution is -0.139. The number of rotatable bonds is 13. The molecule has 0 aromatic heterocycles.